The number of thioether (sulfide) groups is 1. The van der Waals surface area contributed by atoms with E-state index in [1.54, 1.807) is 48.3 Å². The van der Waals surface area contributed by atoms with Gasteiger partial charge in [-0.2, -0.15) is 5.26 Å². The van der Waals surface area contributed by atoms with Crippen LogP contribution in [-0.2, 0) is 4.79 Å². The van der Waals surface area contributed by atoms with Crippen molar-refractivity contribution in [3.05, 3.63) is 59.2 Å². The number of ketones is 1. The van der Waals surface area contributed by atoms with E-state index in [4.69, 9.17) is 5.26 Å². The lowest BCUT2D eigenvalue weighted by Gasteiger charge is -2.25. The molecule has 0 spiro atoms. The van der Waals surface area contributed by atoms with Gasteiger partial charge in [0.15, 0.2) is 5.78 Å². The van der Waals surface area contributed by atoms with Gasteiger partial charge < -0.3 is 4.90 Å². The fraction of sp³-hybridized carbons (Fsp3) is 0.118. The maximum atomic E-state index is 12.5. The maximum absolute atomic E-state index is 12.5. The number of carbonyl (C=O) groups excluding carboxylic acids is 2. The molecule has 1 aliphatic heterocycles. The Hall–Kier alpha value is -2.58. The van der Waals surface area contributed by atoms with Crippen molar-refractivity contribution in [3.8, 4) is 6.07 Å². The molecular weight excluding hydrogens is 296 g/mol. The van der Waals surface area contributed by atoms with Gasteiger partial charge in [0, 0.05) is 23.1 Å². The Morgan fingerprint density at radius 1 is 1.18 bits per heavy atom. The van der Waals surface area contributed by atoms with Gasteiger partial charge in [-0.1, -0.05) is 0 Å². The molecule has 0 radical (unpaired) electrons. The highest BCUT2D eigenvalue weighted by molar-refractivity contribution is 8.00. The van der Waals surface area contributed by atoms with Crippen LogP contribution in [0.2, 0.25) is 0 Å². The molecule has 0 saturated heterocycles. The summed E-state index contributed by atoms with van der Waals surface area (Å²) in [5.74, 6) is 0.356. The molecule has 0 aliphatic carbocycles. The number of amides is 1. The zero-order valence-electron chi connectivity index (χ0n) is 11.9. The summed E-state index contributed by atoms with van der Waals surface area (Å²) in [7, 11) is 1.74. The van der Waals surface area contributed by atoms with E-state index in [0.717, 1.165) is 10.6 Å². The van der Waals surface area contributed by atoms with Crippen molar-refractivity contribution in [1.82, 2.24) is 0 Å². The lowest BCUT2D eigenvalue weighted by atomic mass is 10.0. The summed E-state index contributed by atoms with van der Waals surface area (Å²) in [5, 5.41) is 8.79. The molecule has 0 fully saturated rings. The van der Waals surface area contributed by atoms with E-state index >= 15 is 0 Å². The predicted molar refractivity (Wildman–Crippen MR) is 85.2 cm³/mol. The quantitative estimate of drug-likeness (QED) is 0.800. The second kappa shape index (κ2) is 5.66. The molecule has 3 rings (SSSR count). The number of nitrogens with zero attached hydrogens (tertiary/aromatic N) is 2. The van der Waals surface area contributed by atoms with Crippen LogP contribution in [0.4, 0.5) is 5.69 Å². The normalized spacial score (nSPS) is 13.5. The van der Waals surface area contributed by atoms with Crippen molar-refractivity contribution in [2.45, 2.75) is 4.90 Å². The van der Waals surface area contributed by atoms with Gasteiger partial charge in [0.05, 0.1) is 23.1 Å². The number of anilines is 1. The largest absolute Gasteiger partial charge is 0.314 e. The number of benzene rings is 2. The van der Waals surface area contributed by atoms with E-state index in [1.807, 2.05) is 12.1 Å². The van der Waals surface area contributed by atoms with E-state index in [-0.39, 0.29) is 11.7 Å². The second-order valence-corrected chi connectivity index (χ2v) is 5.96. The summed E-state index contributed by atoms with van der Waals surface area (Å²) in [6.07, 6.45) is 0. The first-order chi connectivity index (χ1) is 10.6. The highest BCUT2D eigenvalue weighted by atomic mass is 32.2. The minimum absolute atomic E-state index is 0.0590. The third-order valence-electron chi connectivity index (χ3n) is 3.58. The van der Waals surface area contributed by atoms with E-state index in [9.17, 15) is 9.59 Å². The molecule has 0 aromatic heterocycles. The number of fused-ring (bicyclic) bond motifs is 1. The molecule has 0 unspecified atom stereocenters. The Labute approximate surface area is 132 Å². The lowest BCUT2D eigenvalue weighted by Crippen LogP contribution is -2.31. The lowest BCUT2D eigenvalue weighted by molar-refractivity contribution is -0.116. The van der Waals surface area contributed by atoms with Crippen LogP contribution >= 0.6 is 11.8 Å². The highest BCUT2D eigenvalue weighted by Crippen LogP contribution is 2.35. The maximum Gasteiger partial charge on any atom is 0.237 e. The predicted octanol–water partition coefficient (Wildman–Crippen LogP) is 2.86. The van der Waals surface area contributed by atoms with Crippen LogP contribution in [0.25, 0.3) is 0 Å². The van der Waals surface area contributed by atoms with Gasteiger partial charge in [0.25, 0.3) is 0 Å². The van der Waals surface area contributed by atoms with Crippen molar-refractivity contribution in [3.63, 3.8) is 0 Å². The third-order valence-corrected chi connectivity index (χ3v) is 4.61. The zero-order chi connectivity index (χ0) is 15.7. The number of hydrogen-bond acceptors (Lipinski definition) is 4. The number of hydrogen-bond donors (Lipinski definition) is 0. The highest BCUT2D eigenvalue weighted by Gasteiger charge is 2.22. The Bertz CT molecular complexity index is 806. The molecule has 1 aliphatic rings. The van der Waals surface area contributed by atoms with Gasteiger partial charge >= 0.3 is 0 Å². The molecule has 0 atom stereocenters. The minimum atomic E-state index is -0.0903. The van der Waals surface area contributed by atoms with Crippen LogP contribution in [-0.4, -0.2) is 24.5 Å². The number of nitriles is 1. The topological polar surface area (TPSA) is 61.2 Å². The van der Waals surface area contributed by atoms with E-state index in [1.165, 1.54) is 11.8 Å². The van der Waals surface area contributed by atoms with Gasteiger partial charge in [0.1, 0.15) is 0 Å². The van der Waals surface area contributed by atoms with Crippen molar-refractivity contribution >= 4 is 29.1 Å². The zero-order valence-corrected chi connectivity index (χ0v) is 12.7. The van der Waals surface area contributed by atoms with Gasteiger partial charge in [0.2, 0.25) is 5.91 Å². The van der Waals surface area contributed by atoms with E-state index < -0.39 is 0 Å². The summed E-state index contributed by atoms with van der Waals surface area (Å²) in [6, 6.07) is 14.0. The molecule has 1 amide bonds. The molecule has 2 aromatic rings. The van der Waals surface area contributed by atoms with Crippen LogP contribution in [0.1, 0.15) is 21.5 Å². The molecule has 1 heterocycles. The van der Waals surface area contributed by atoms with Gasteiger partial charge in [-0.05, 0) is 42.5 Å². The Balaban J connectivity index is 1.94. The monoisotopic (exact) mass is 308 g/mol. The van der Waals surface area contributed by atoms with E-state index in [0.29, 0.717) is 22.4 Å². The van der Waals surface area contributed by atoms with E-state index in [2.05, 4.69) is 0 Å². The van der Waals surface area contributed by atoms with Crippen LogP contribution in [0.3, 0.4) is 0 Å². The third kappa shape index (κ3) is 2.49. The molecule has 2 aromatic carbocycles. The first kappa shape index (κ1) is 14.4. The molecule has 4 nitrogen and oxygen atoms in total. The summed E-state index contributed by atoms with van der Waals surface area (Å²) >= 11 is 1.45. The van der Waals surface area contributed by atoms with Crippen molar-refractivity contribution in [2.75, 3.05) is 17.7 Å². The van der Waals surface area contributed by atoms with Crippen molar-refractivity contribution in [1.29, 1.82) is 5.26 Å². The number of rotatable bonds is 2. The summed E-state index contributed by atoms with van der Waals surface area (Å²) in [6.45, 7) is 0. The Kier molecular flexibility index (Phi) is 3.70. The molecule has 5 heteroatoms. The SMILES string of the molecule is CN1C(=O)CSc2cc(C(=O)c3ccc(C#N)cc3)ccc21. The van der Waals surface area contributed by atoms with Crippen LogP contribution < -0.4 is 4.90 Å². The molecule has 22 heavy (non-hydrogen) atoms. The molecule has 0 saturated carbocycles. The van der Waals surface area contributed by atoms with Gasteiger partial charge in [-0.3, -0.25) is 9.59 Å². The minimum Gasteiger partial charge on any atom is -0.314 e. The average Bonchev–Trinajstić information content (AvgIpc) is 2.57. The second-order valence-electron chi connectivity index (χ2n) is 4.94. The average molecular weight is 308 g/mol. The molecule has 108 valence electrons. The van der Waals surface area contributed by atoms with Gasteiger partial charge in [-0.15, -0.1) is 11.8 Å². The fourth-order valence-corrected chi connectivity index (χ4v) is 3.32. The number of carbonyl (C=O) groups is 2. The molecule has 0 N–H and O–H groups in total. The fourth-order valence-electron chi connectivity index (χ4n) is 2.28. The van der Waals surface area contributed by atoms with Crippen molar-refractivity contribution in [2.24, 2.45) is 0 Å². The summed E-state index contributed by atoms with van der Waals surface area (Å²) in [4.78, 5) is 26.7. The Morgan fingerprint density at radius 3 is 2.55 bits per heavy atom. The first-order valence-corrected chi connectivity index (χ1v) is 7.67. The molecular formula is C17H12N2O2S. The summed E-state index contributed by atoms with van der Waals surface area (Å²) < 4.78 is 0. The van der Waals surface area contributed by atoms with Crippen LogP contribution in [0, 0.1) is 11.3 Å². The van der Waals surface area contributed by atoms with Crippen molar-refractivity contribution < 1.29 is 9.59 Å². The summed E-state index contributed by atoms with van der Waals surface area (Å²) in [5.41, 5.74) is 2.48. The first-order valence-electron chi connectivity index (χ1n) is 6.68. The van der Waals surface area contributed by atoms with Crippen LogP contribution in [0.15, 0.2) is 47.4 Å². The Morgan fingerprint density at radius 2 is 1.86 bits per heavy atom. The smallest absolute Gasteiger partial charge is 0.237 e. The van der Waals surface area contributed by atoms with Gasteiger partial charge in [-0.25, -0.2) is 0 Å². The standard InChI is InChI=1S/C17H12N2O2S/c1-19-14-7-6-13(8-15(14)22-10-16(19)20)17(21)12-4-2-11(9-18)3-5-12/h2-8H,10H2,1H3. The molecule has 0 bridgehead atoms. The van der Waals surface area contributed by atoms with Crippen LogP contribution in [0.5, 0.6) is 0 Å².